The fraction of sp³-hybridized carbons (Fsp3) is 0.318. The van der Waals surface area contributed by atoms with Crippen molar-refractivity contribution in [1.82, 2.24) is 5.32 Å². The summed E-state index contributed by atoms with van der Waals surface area (Å²) in [6, 6.07) is 14.6. The zero-order valence-corrected chi connectivity index (χ0v) is 17.8. The minimum absolute atomic E-state index is 0.224. The molecule has 1 amide bonds. The van der Waals surface area contributed by atoms with Crippen LogP contribution in [0.2, 0.25) is 0 Å². The van der Waals surface area contributed by atoms with Crippen LogP contribution in [0.4, 0.5) is 0 Å². The number of ketones is 1. The first-order valence-corrected chi connectivity index (χ1v) is 10.7. The van der Waals surface area contributed by atoms with E-state index < -0.39 is 24.5 Å². The Morgan fingerprint density at radius 3 is 2.30 bits per heavy atom. The predicted octanol–water partition coefficient (Wildman–Crippen LogP) is 2.74. The molecule has 0 saturated heterocycles. The maximum Gasteiger partial charge on any atom is 0.329 e. The number of amides is 1. The maximum absolute atomic E-state index is 12.4. The molecule has 0 unspecified atom stereocenters. The van der Waals surface area contributed by atoms with Gasteiger partial charge in [-0.3, -0.25) is 9.59 Å². The molecule has 30 heavy (non-hydrogen) atoms. The Hall–Kier alpha value is -3.00. The van der Waals surface area contributed by atoms with Gasteiger partial charge in [0.1, 0.15) is 17.5 Å². The highest BCUT2D eigenvalue weighted by Crippen LogP contribution is 2.12. The zero-order valence-electron chi connectivity index (χ0n) is 17.0. The molecular formula is C22H25NO6S. The summed E-state index contributed by atoms with van der Waals surface area (Å²) in [7, 11) is 1.53. The van der Waals surface area contributed by atoms with Crippen molar-refractivity contribution in [3.8, 4) is 11.5 Å². The molecule has 2 rings (SSSR count). The highest BCUT2D eigenvalue weighted by molar-refractivity contribution is 7.98. The van der Waals surface area contributed by atoms with Crippen molar-refractivity contribution in [2.24, 2.45) is 0 Å². The molecule has 8 heteroatoms. The number of carbonyl (C=O) groups is 3. The van der Waals surface area contributed by atoms with E-state index in [-0.39, 0.29) is 12.4 Å². The summed E-state index contributed by atoms with van der Waals surface area (Å²) in [5.74, 6) is 0.393. The van der Waals surface area contributed by atoms with Crippen LogP contribution in [0.5, 0.6) is 11.5 Å². The molecule has 0 aromatic heterocycles. The minimum atomic E-state index is -0.854. The zero-order chi connectivity index (χ0) is 21.8. The Kier molecular flexibility index (Phi) is 9.73. The van der Waals surface area contributed by atoms with Gasteiger partial charge in [-0.15, -0.1) is 0 Å². The number of carbonyl (C=O) groups excluding carboxylic acids is 3. The van der Waals surface area contributed by atoms with E-state index in [9.17, 15) is 14.4 Å². The Labute approximate surface area is 180 Å². The first-order valence-electron chi connectivity index (χ1n) is 9.33. The Bertz CT molecular complexity index is 825. The summed E-state index contributed by atoms with van der Waals surface area (Å²) in [6.07, 6.45) is 2.28. The van der Waals surface area contributed by atoms with Crippen LogP contribution in [0.15, 0.2) is 54.6 Å². The Morgan fingerprint density at radius 2 is 1.67 bits per heavy atom. The molecule has 0 radical (unpaired) electrons. The number of rotatable bonds is 12. The predicted molar refractivity (Wildman–Crippen MR) is 115 cm³/mol. The van der Waals surface area contributed by atoms with Crippen LogP contribution < -0.4 is 14.8 Å². The van der Waals surface area contributed by atoms with Gasteiger partial charge in [-0.1, -0.05) is 18.2 Å². The summed E-state index contributed by atoms with van der Waals surface area (Å²) < 4.78 is 15.6. The molecule has 0 aliphatic rings. The lowest BCUT2D eigenvalue weighted by molar-refractivity contribution is -0.147. The summed E-state index contributed by atoms with van der Waals surface area (Å²) >= 11 is 1.54. The summed E-state index contributed by atoms with van der Waals surface area (Å²) in [5, 5.41) is 2.62. The largest absolute Gasteiger partial charge is 0.497 e. The van der Waals surface area contributed by atoms with Crippen molar-refractivity contribution in [2.75, 3.05) is 32.3 Å². The number of ether oxygens (including phenoxy) is 3. The van der Waals surface area contributed by atoms with Crippen LogP contribution in [0.1, 0.15) is 16.8 Å². The molecule has 0 saturated carbocycles. The maximum atomic E-state index is 12.4. The van der Waals surface area contributed by atoms with Crippen LogP contribution in [0.3, 0.4) is 0 Å². The number of esters is 1. The lowest BCUT2D eigenvalue weighted by Crippen LogP contribution is -2.44. The summed E-state index contributed by atoms with van der Waals surface area (Å²) in [6.45, 7) is -0.630. The molecule has 2 aromatic carbocycles. The van der Waals surface area contributed by atoms with E-state index in [2.05, 4.69) is 5.32 Å². The first kappa shape index (κ1) is 23.3. The molecule has 0 aliphatic heterocycles. The van der Waals surface area contributed by atoms with E-state index >= 15 is 0 Å². The first-order chi connectivity index (χ1) is 14.5. The third kappa shape index (κ3) is 7.79. The Balaban J connectivity index is 1.86. The smallest absolute Gasteiger partial charge is 0.329 e. The molecule has 0 heterocycles. The second-order valence-electron chi connectivity index (χ2n) is 6.26. The van der Waals surface area contributed by atoms with Gasteiger partial charge in [-0.25, -0.2) is 4.79 Å². The van der Waals surface area contributed by atoms with Crippen LogP contribution in [0.25, 0.3) is 0 Å². The topological polar surface area (TPSA) is 90.9 Å². The number of methoxy groups -OCH3 is 1. The number of benzene rings is 2. The standard InChI is InChI=1S/C22H25NO6S/c1-27-17-10-8-16(9-11-17)20(24)14-29-22(26)19(12-13-30-2)23-21(25)15-28-18-6-4-3-5-7-18/h3-11,19H,12-15H2,1-2H3,(H,23,25)/t19-/m1/s1. The van der Waals surface area contributed by atoms with Gasteiger partial charge in [-0.05, 0) is 54.8 Å². The van der Waals surface area contributed by atoms with E-state index in [0.717, 1.165) is 0 Å². The molecule has 7 nitrogen and oxygen atoms in total. The number of hydrogen-bond donors (Lipinski definition) is 1. The SMILES string of the molecule is COc1ccc(C(=O)COC(=O)[C@@H](CCSC)NC(=O)COc2ccccc2)cc1. The normalized spacial score (nSPS) is 11.3. The summed E-state index contributed by atoms with van der Waals surface area (Å²) in [4.78, 5) is 36.9. The average Bonchev–Trinajstić information content (AvgIpc) is 2.79. The van der Waals surface area contributed by atoms with Crippen molar-refractivity contribution in [2.45, 2.75) is 12.5 Å². The molecule has 0 bridgehead atoms. The van der Waals surface area contributed by atoms with Crippen molar-refractivity contribution in [3.05, 3.63) is 60.2 Å². The van der Waals surface area contributed by atoms with Gasteiger partial charge in [0.15, 0.2) is 19.0 Å². The monoisotopic (exact) mass is 431 g/mol. The van der Waals surface area contributed by atoms with E-state index in [1.807, 2.05) is 12.3 Å². The quantitative estimate of drug-likeness (QED) is 0.408. The minimum Gasteiger partial charge on any atom is -0.497 e. The molecule has 1 N–H and O–H groups in total. The van der Waals surface area contributed by atoms with E-state index in [0.29, 0.717) is 29.2 Å². The fourth-order valence-corrected chi connectivity index (χ4v) is 2.96. The molecule has 0 aliphatic carbocycles. The van der Waals surface area contributed by atoms with Gasteiger partial charge < -0.3 is 19.5 Å². The van der Waals surface area contributed by atoms with E-state index in [1.165, 1.54) is 7.11 Å². The van der Waals surface area contributed by atoms with E-state index in [1.54, 1.807) is 60.3 Å². The van der Waals surface area contributed by atoms with Gasteiger partial charge in [-0.2, -0.15) is 11.8 Å². The molecule has 0 spiro atoms. The number of para-hydroxylation sites is 1. The number of hydrogen-bond acceptors (Lipinski definition) is 7. The van der Waals surface area contributed by atoms with Crippen LogP contribution in [-0.2, 0) is 14.3 Å². The molecule has 0 fully saturated rings. The fourth-order valence-electron chi connectivity index (χ4n) is 2.48. The molecule has 2 aromatic rings. The van der Waals surface area contributed by atoms with Crippen molar-refractivity contribution in [3.63, 3.8) is 0 Å². The highest BCUT2D eigenvalue weighted by Gasteiger charge is 2.23. The van der Waals surface area contributed by atoms with Crippen molar-refractivity contribution in [1.29, 1.82) is 0 Å². The van der Waals surface area contributed by atoms with Gasteiger partial charge in [0.05, 0.1) is 7.11 Å². The Morgan fingerprint density at radius 1 is 0.967 bits per heavy atom. The average molecular weight is 432 g/mol. The lowest BCUT2D eigenvalue weighted by atomic mass is 10.1. The second-order valence-corrected chi connectivity index (χ2v) is 7.25. The third-order valence-corrected chi connectivity index (χ3v) is 4.74. The number of nitrogens with one attached hydrogen (secondary N) is 1. The van der Waals surface area contributed by atoms with Crippen molar-refractivity contribution < 1.29 is 28.6 Å². The van der Waals surface area contributed by atoms with Crippen LogP contribution >= 0.6 is 11.8 Å². The lowest BCUT2D eigenvalue weighted by Gasteiger charge is -2.17. The second kappa shape index (κ2) is 12.5. The highest BCUT2D eigenvalue weighted by atomic mass is 32.2. The molecule has 1 atom stereocenters. The van der Waals surface area contributed by atoms with Crippen molar-refractivity contribution >= 4 is 29.4 Å². The molecule has 160 valence electrons. The van der Waals surface area contributed by atoms with Gasteiger partial charge in [0.2, 0.25) is 0 Å². The third-order valence-electron chi connectivity index (χ3n) is 4.10. The molecular weight excluding hydrogens is 406 g/mol. The van der Waals surface area contributed by atoms with Crippen LogP contribution in [-0.4, -0.2) is 56.0 Å². The van der Waals surface area contributed by atoms with Gasteiger partial charge >= 0.3 is 5.97 Å². The summed E-state index contributed by atoms with van der Waals surface area (Å²) in [5.41, 5.74) is 0.407. The van der Waals surface area contributed by atoms with Crippen LogP contribution in [0, 0.1) is 0 Å². The van der Waals surface area contributed by atoms with Gasteiger partial charge in [0.25, 0.3) is 5.91 Å². The number of Topliss-reactive ketones (excluding diaryl/α,β-unsaturated/α-hetero) is 1. The van der Waals surface area contributed by atoms with Gasteiger partial charge in [0, 0.05) is 5.56 Å². The number of thioether (sulfide) groups is 1. The van der Waals surface area contributed by atoms with E-state index in [4.69, 9.17) is 14.2 Å².